The van der Waals surface area contributed by atoms with Crippen LogP contribution in [0.5, 0.6) is 0 Å². The summed E-state index contributed by atoms with van der Waals surface area (Å²) in [6.07, 6.45) is 1.77. The first-order valence-corrected chi connectivity index (χ1v) is 5.85. The minimum absolute atomic E-state index is 0.183. The molecule has 1 atom stereocenters. The molecular weight excluding hydrogens is 246 g/mol. The highest BCUT2D eigenvalue weighted by Gasteiger charge is 2.42. The number of pyridine rings is 1. The van der Waals surface area contributed by atoms with Gasteiger partial charge in [-0.25, -0.2) is 4.98 Å². The van der Waals surface area contributed by atoms with Crippen molar-refractivity contribution in [1.29, 1.82) is 5.26 Å². The number of hydrogen-bond donors (Lipinski definition) is 1. The molecule has 1 aromatic rings. The number of aliphatic carboxylic acids is 1. The Balaban J connectivity index is 2.13. The van der Waals surface area contributed by atoms with Crippen LogP contribution in [0.3, 0.4) is 0 Å². The van der Waals surface area contributed by atoms with E-state index < -0.39 is 11.4 Å². The van der Waals surface area contributed by atoms with Crippen LogP contribution in [-0.4, -0.2) is 40.0 Å². The molecule has 0 bridgehead atoms. The van der Waals surface area contributed by atoms with Crippen molar-refractivity contribution in [3.63, 3.8) is 0 Å². The van der Waals surface area contributed by atoms with Gasteiger partial charge in [0.25, 0.3) is 5.91 Å². The first kappa shape index (κ1) is 13.0. The van der Waals surface area contributed by atoms with Crippen molar-refractivity contribution in [2.45, 2.75) is 13.3 Å². The molecule has 1 fully saturated rings. The Labute approximate surface area is 110 Å². The third kappa shape index (κ3) is 2.40. The Morgan fingerprint density at radius 3 is 2.74 bits per heavy atom. The number of aromatic nitrogens is 1. The molecule has 6 heteroatoms. The lowest BCUT2D eigenvalue weighted by Crippen LogP contribution is -2.35. The lowest BCUT2D eigenvalue weighted by atomic mass is 9.90. The maximum atomic E-state index is 12.1. The minimum Gasteiger partial charge on any atom is -0.481 e. The molecule has 1 unspecified atom stereocenters. The number of carbonyl (C=O) groups is 2. The van der Waals surface area contributed by atoms with Gasteiger partial charge in [-0.05, 0) is 25.5 Å². The zero-order valence-corrected chi connectivity index (χ0v) is 10.5. The molecule has 2 rings (SSSR count). The van der Waals surface area contributed by atoms with Crippen molar-refractivity contribution in [2.24, 2.45) is 5.41 Å². The molecule has 0 aliphatic carbocycles. The SMILES string of the molecule is CC1(C(=O)O)CCN(C(=O)c2ccc(C#N)cn2)C1. The monoisotopic (exact) mass is 259 g/mol. The molecule has 1 aromatic heterocycles. The molecule has 98 valence electrons. The molecule has 0 radical (unpaired) electrons. The predicted octanol–water partition coefficient (Wildman–Crippen LogP) is 0.890. The minimum atomic E-state index is -0.893. The number of nitrogens with zero attached hydrogens (tertiary/aromatic N) is 3. The molecule has 1 aliphatic heterocycles. The van der Waals surface area contributed by atoms with E-state index in [-0.39, 0.29) is 18.1 Å². The van der Waals surface area contributed by atoms with E-state index in [1.807, 2.05) is 6.07 Å². The van der Waals surface area contributed by atoms with Crippen LogP contribution in [0.25, 0.3) is 0 Å². The van der Waals surface area contributed by atoms with Gasteiger partial charge in [0.2, 0.25) is 0 Å². The van der Waals surface area contributed by atoms with Crippen LogP contribution in [0, 0.1) is 16.7 Å². The van der Waals surface area contributed by atoms with Crippen molar-refractivity contribution >= 4 is 11.9 Å². The van der Waals surface area contributed by atoms with E-state index in [0.29, 0.717) is 18.5 Å². The Hall–Kier alpha value is -2.42. The van der Waals surface area contributed by atoms with Crippen molar-refractivity contribution in [2.75, 3.05) is 13.1 Å². The summed E-state index contributed by atoms with van der Waals surface area (Å²) in [4.78, 5) is 28.7. The van der Waals surface area contributed by atoms with E-state index in [4.69, 9.17) is 10.4 Å². The molecule has 19 heavy (non-hydrogen) atoms. The van der Waals surface area contributed by atoms with Crippen molar-refractivity contribution in [3.05, 3.63) is 29.6 Å². The third-order valence-corrected chi connectivity index (χ3v) is 3.39. The summed E-state index contributed by atoms with van der Waals surface area (Å²) >= 11 is 0. The van der Waals surface area contributed by atoms with Gasteiger partial charge in [0.15, 0.2) is 0 Å². The molecule has 0 saturated carbocycles. The van der Waals surface area contributed by atoms with Crippen LogP contribution in [-0.2, 0) is 4.79 Å². The highest BCUT2D eigenvalue weighted by Crippen LogP contribution is 2.30. The summed E-state index contributed by atoms with van der Waals surface area (Å²) in [6.45, 7) is 2.22. The van der Waals surface area contributed by atoms with Gasteiger partial charge >= 0.3 is 5.97 Å². The fourth-order valence-corrected chi connectivity index (χ4v) is 2.06. The predicted molar refractivity (Wildman–Crippen MR) is 65.2 cm³/mol. The fourth-order valence-electron chi connectivity index (χ4n) is 2.06. The summed E-state index contributed by atoms with van der Waals surface area (Å²) in [5.41, 5.74) is -0.274. The van der Waals surface area contributed by atoms with Gasteiger partial charge in [-0.15, -0.1) is 0 Å². The second-order valence-electron chi connectivity index (χ2n) is 4.89. The number of amides is 1. The molecular formula is C13H13N3O3. The fraction of sp³-hybridized carbons (Fsp3) is 0.385. The lowest BCUT2D eigenvalue weighted by Gasteiger charge is -2.19. The maximum absolute atomic E-state index is 12.1. The van der Waals surface area contributed by atoms with Crippen LogP contribution < -0.4 is 0 Å². The average Bonchev–Trinajstić information content (AvgIpc) is 2.82. The normalized spacial score (nSPS) is 22.0. The van der Waals surface area contributed by atoms with E-state index in [9.17, 15) is 9.59 Å². The Bertz CT molecular complexity index is 561. The molecule has 0 spiro atoms. The van der Waals surface area contributed by atoms with Gasteiger partial charge in [-0.3, -0.25) is 9.59 Å². The van der Waals surface area contributed by atoms with E-state index >= 15 is 0 Å². The Morgan fingerprint density at radius 2 is 2.26 bits per heavy atom. The highest BCUT2D eigenvalue weighted by molar-refractivity contribution is 5.93. The van der Waals surface area contributed by atoms with E-state index in [1.165, 1.54) is 23.2 Å². The van der Waals surface area contributed by atoms with Crippen LogP contribution in [0.15, 0.2) is 18.3 Å². The second-order valence-corrected chi connectivity index (χ2v) is 4.89. The number of hydrogen-bond acceptors (Lipinski definition) is 4. The van der Waals surface area contributed by atoms with Gasteiger partial charge in [0.1, 0.15) is 11.8 Å². The zero-order valence-electron chi connectivity index (χ0n) is 10.5. The van der Waals surface area contributed by atoms with E-state index in [0.717, 1.165) is 0 Å². The highest BCUT2D eigenvalue weighted by atomic mass is 16.4. The maximum Gasteiger partial charge on any atom is 0.311 e. The average molecular weight is 259 g/mol. The topological polar surface area (TPSA) is 94.3 Å². The van der Waals surface area contributed by atoms with Crippen molar-refractivity contribution < 1.29 is 14.7 Å². The molecule has 2 heterocycles. The quantitative estimate of drug-likeness (QED) is 0.851. The van der Waals surface area contributed by atoms with Crippen LogP contribution >= 0.6 is 0 Å². The van der Waals surface area contributed by atoms with Gasteiger partial charge in [0, 0.05) is 19.3 Å². The summed E-state index contributed by atoms with van der Waals surface area (Å²) in [6, 6.07) is 4.93. The van der Waals surface area contributed by atoms with Crippen molar-refractivity contribution in [3.8, 4) is 6.07 Å². The number of carbonyl (C=O) groups excluding carboxylic acids is 1. The third-order valence-electron chi connectivity index (χ3n) is 3.39. The standard InChI is InChI=1S/C13H13N3O3/c1-13(12(18)19)4-5-16(8-13)11(17)10-3-2-9(6-14)7-15-10/h2-3,7H,4-5,8H2,1H3,(H,18,19). The summed E-state index contributed by atoms with van der Waals surface area (Å²) in [5, 5.41) is 17.8. The Morgan fingerprint density at radius 1 is 1.53 bits per heavy atom. The van der Waals surface area contributed by atoms with Crippen LogP contribution in [0.2, 0.25) is 0 Å². The lowest BCUT2D eigenvalue weighted by molar-refractivity contribution is -0.147. The van der Waals surface area contributed by atoms with E-state index in [2.05, 4.69) is 4.98 Å². The molecule has 1 N–H and O–H groups in total. The summed E-state index contributed by atoms with van der Waals surface area (Å²) in [5.74, 6) is -1.19. The zero-order chi connectivity index (χ0) is 14.0. The number of carboxylic acids is 1. The number of carboxylic acid groups (broad SMARTS) is 1. The first-order valence-electron chi connectivity index (χ1n) is 5.85. The molecule has 1 aliphatic rings. The van der Waals surface area contributed by atoms with Gasteiger partial charge in [0.05, 0.1) is 11.0 Å². The largest absolute Gasteiger partial charge is 0.481 e. The Kier molecular flexibility index (Phi) is 3.21. The number of rotatable bonds is 2. The summed E-state index contributed by atoms with van der Waals surface area (Å²) < 4.78 is 0. The van der Waals surface area contributed by atoms with Crippen LogP contribution in [0.1, 0.15) is 29.4 Å². The van der Waals surface area contributed by atoms with Gasteiger partial charge < -0.3 is 10.0 Å². The number of likely N-dealkylation sites (tertiary alicyclic amines) is 1. The van der Waals surface area contributed by atoms with Crippen LogP contribution in [0.4, 0.5) is 0 Å². The second kappa shape index (κ2) is 4.69. The molecule has 0 aromatic carbocycles. The molecule has 1 amide bonds. The molecule has 1 saturated heterocycles. The smallest absolute Gasteiger partial charge is 0.311 e. The van der Waals surface area contributed by atoms with Crippen molar-refractivity contribution in [1.82, 2.24) is 9.88 Å². The number of nitriles is 1. The summed E-state index contributed by atoms with van der Waals surface area (Å²) in [7, 11) is 0. The van der Waals surface area contributed by atoms with Gasteiger partial charge in [-0.1, -0.05) is 0 Å². The van der Waals surface area contributed by atoms with E-state index in [1.54, 1.807) is 6.92 Å². The first-order chi connectivity index (χ1) is 8.96. The molecule has 6 nitrogen and oxygen atoms in total. The van der Waals surface area contributed by atoms with Gasteiger partial charge in [-0.2, -0.15) is 5.26 Å².